The van der Waals surface area contributed by atoms with E-state index in [1.807, 2.05) is 51.1 Å². The first kappa shape index (κ1) is 18.2. The van der Waals surface area contributed by atoms with E-state index in [0.29, 0.717) is 5.70 Å². The van der Waals surface area contributed by atoms with Gasteiger partial charge in [0.1, 0.15) is 0 Å². The summed E-state index contributed by atoms with van der Waals surface area (Å²) in [6.07, 6.45) is -1.11. The Bertz CT molecular complexity index is 506. The van der Waals surface area contributed by atoms with Crippen LogP contribution in [0.15, 0.2) is 42.6 Å². The number of rotatable bonds is 5. The fraction of sp³-hybridized carbons (Fsp3) is 0.471. The standard InChI is InChI=1S/C17H26N2O3/c1-12(18-16(21)19(5)6)14(13-10-8-7-9-11-13)15(20)22-17(2,3)4/h7-11,14-15,20H,1H2,2-6H3,(H,18,21). The van der Waals surface area contributed by atoms with Gasteiger partial charge >= 0.3 is 6.03 Å². The molecule has 5 nitrogen and oxygen atoms in total. The zero-order valence-corrected chi connectivity index (χ0v) is 14.0. The van der Waals surface area contributed by atoms with Crippen molar-refractivity contribution in [1.82, 2.24) is 10.2 Å². The van der Waals surface area contributed by atoms with Crippen molar-refractivity contribution in [2.45, 2.75) is 38.6 Å². The molecule has 2 unspecified atom stereocenters. The summed E-state index contributed by atoms with van der Waals surface area (Å²) in [5.74, 6) is -0.552. The molecule has 2 N–H and O–H groups in total. The highest BCUT2D eigenvalue weighted by molar-refractivity contribution is 5.75. The van der Waals surface area contributed by atoms with Crippen LogP contribution in [-0.2, 0) is 4.74 Å². The molecule has 0 heterocycles. The second kappa shape index (κ2) is 7.42. The first-order chi connectivity index (χ1) is 10.1. The van der Waals surface area contributed by atoms with E-state index in [9.17, 15) is 9.90 Å². The molecule has 2 amide bonds. The smallest absolute Gasteiger partial charge is 0.321 e. The Morgan fingerprint density at radius 3 is 2.27 bits per heavy atom. The Balaban J connectivity index is 3.02. The van der Waals surface area contributed by atoms with Crippen molar-refractivity contribution >= 4 is 6.03 Å². The minimum absolute atomic E-state index is 0.297. The average molecular weight is 306 g/mol. The maximum atomic E-state index is 11.8. The molecule has 0 spiro atoms. The zero-order chi connectivity index (χ0) is 16.9. The molecule has 0 aliphatic rings. The van der Waals surface area contributed by atoms with Crippen LogP contribution in [0.25, 0.3) is 0 Å². The van der Waals surface area contributed by atoms with Crippen LogP contribution < -0.4 is 5.32 Å². The summed E-state index contributed by atoms with van der Waals surface area (Å²) in [5.41, 5.74) is 0.697. The number of hydrogen-bond donors (Lipinski definition) is 2. The van der Waals surface area contributed by atoms with Gasteiger partial charge in [-0.2, -0.15) is 0 Å². The summed E-state index contributed by atoms with van der Waals surface area (Å²) in [6.45, 7) is 9.49. The Morgan fingerprint density at radius 1 is 1.27 bits per heavy atom. The van der Waals surface area contributed by atoms with E-state index in [2.05, 4.69) is 11.9 Å². The Kier molecular flexibility index (Phi) is 6.14. The number of urea groups is 1. The first-order valence-electron chi connectivity index (χ1n) is 7.20. The largest absolute Gasteiger partial charge is 0.367 e. The van der Waals surface area contributed by atoms with E-state index in [1.165, 1.54) is 4.90 Å². The minimum atomic E-state index is -1.11. The number of carbonyl (C=O) groups is 1. The number of hydrogen-bond acceptors (Lipinski definition) is 3. The third-order valence-electron chi connectivity index (χ3n) is 2.97. The Labute approximate surface area is 132 Å². The number of ether oxygens (including phenoxy) is 1. The van der Waals surface area contributed by atoms with Crippen LogP contribution in [0, 0.1) is 0 Å². The zero-order valence-electron chi connectivity index (χ0n) is 14.0. The van der Waals surface area contributed by atoms with Crippen molar-refractivity contribution in [3.8, 4) is 0 Å². The highest BCUT2D eigenvalue weighted by Crippen LogP contribution is 2.28. The van der Waals surface area contributed by atoms with Gasteiger partial charge in [-0.15, -0.1) is 0 Å². The number of aliphatic hydroxyl groups excluding tert-OH is 1. The van der Waals surface area contributed by atoms with Crippen LogP contribution in [0.3, 0.4) is 0 Å². The van der Waals surface area contributed by atoms with E-state index in [4.69, 9.17) is 4.74 Å². The predicted molar refractivity (Wildman–Crippen MR) is 87.4 cm³/mol. The van der Waals surface area contributed by atoms with E-state index < -0.39 is 17.8 Å². The maximum Gasteiger partial charge on any atom is 0.321 e. The van der Waals surface area contributed by atoms with Gasteiger partial charge in [-0.1, -0.05) is 36.9 Å². The molecule has 0 saturated heterocycles. The molecule has 122 valence electrons. The molecule has 22 heavy (non-hydrogen) atoms. The fourth-order valence-corrected chi connectivity index (χ4v) is 1.96. The molecular formula is C17H26N2O3. The van der Waals surface area contributed by atoms with E-state index in [-0.39, 0.29) is 6.03 Å². The van der Waals surface area contributed by atoms with Crippen LogP contribution in [0.1, 0.15) is 32.3 Å². The highest BCUT2D eigenvalue weighted by Gasteiger charge is 2.29. The second-order valence-corrected chi connectivity index (χ2v) is 6.36. The van der Waals surface area contributed by atoms with Gasteiger partial charge in [0, 0.05) is 19.8 Å². The molecule has 0 aliphatic heterocycles. The molecule has 0 bridgehead atoms. The van der Waals surface area contributed by atoms with Gasteiger partial charge in [0.25, 0.3) is 0 Å². The van der Waals surface area contributed by atoms with Gasteiger partial charge in [0.15, 0.2) is 6.29 Å². The molecule has 5 heteroatoms. The van der Waals surface area contributed by atoms with E-state index in [0.717, 1.165) is 5.56 Å². The molecule has 0 fully saturated rings. The Morgan fingerprint density at radius 2 is 1.82 bits per heavy atom. The number of aliphatic hydroxyl groups is 1. The summed E-state index contributed by atoms with van der Waals surface area (Å²) in [4.78, 5) is 13.2. The summed E-state index contributed by atoms with van der Waals surface area (Å²) in [6, 6.07) is 9.06. The number of nitrogens with zero attached hydrogens (tertiary/aromatic N) is 1. The van der Waals surface area contributed by atoms with Crippen molar-refractivity contribution in [3.05, 3.63) is 48.2 Å². The second-order valence-electron chi connectivity index (χ2n) is 6.36. The monoisotopic (exact) mass is 306 g/mol. The van der Waals surface area contributed by atoms with Gasteiger partial charge in [-0.25, -0.2) is 4.79 Å². The summed E-state index contributed by atoms with van der Waals surface area (Å²) in [7, 11) is 3.28. The quantitative estimate of drug-likeness (QED) is 0.822. The topological polar surface area (TPSA) is 61.8 Å². The normalized spacial score (nSPS) is 14.1. The van der Waals surface area contributed by atoms with E-state index in [1.54, 1.807) is 14.1 Å². The summed E-state index contributed by atoms with van der Waals surface area (Å²) >= 11 is 0. The maximum absolute atomic E-state index is 11.8. The van der Waals surface area contributed by atoms with Gasteiger partial charge in [0.05, 0.1) is 11.5 Å². The average Bonchev–Trinajstić information content (AvgIpc) is 2.37. The number of benzene rings is 1. The molecule has 2 atom stereocenters. The van der Waals surface area contributed by atoms with Gasteiger partial charge in [-0.3, -0.25) is 0 Å². The van der Waals surface area contributed by atoms with Crippen LogP contribution in [0.2, 0.25) is 0 Å². The lowest BCUT2D eigenvalue weighted by atomic mass is 9.95. The van der Waals surface area contributed by atoms with Crippen LogP contribution in [-0.4, -0.2) is 42.0 Å². The molecule has 1 aromatic carbocycles. The molecule has 0 saturated carbocycles. The highest BCUT2D eigenvalue weighted by atomic mass is 16.6. The first-order valence-corrected chi connectivity index (χ1v) is 7.20. The molecule has 0 aliphatic carbocycles. The summed E-state index contributed by atoms with van der Waals surface area (Å²) in [5, 5.41) is 13.2. The number of nitrogens with one attached hydrogen (secondary N) is 1. The number of carbonyl (C=O) groups excluding carboxylic acids is 1. The Hall–Kier alpha value is -1.85. The molecule has 0 aromatic heterocycles. The van der Waals surface area contributed by atoms with Gasteiger partial charge in [-0.05, 0) is 26.3 Å². The van der Waals surface area contributed by atoms with Crippen molar-refractivity contribution in [3.63, 3.8) is 0 Å². The van der Waals surface area contributed by atoms with Crippen molar-refractivity contribution in [1.29, 1.82) is 0 Å². The SMILES string of the molecule is C=C(NC(=O)N(C)C)C(c1ccccc1)C(O)OC(C)(C)C. The molecule has 1 aromatic rings. The van der Waals surface area contributed by atoms with Gasteiger partial charge in [0.2, 0.25) is 0 Å². The lowest BCUT2D eigenvalue weighted by molar-refractivity contribution is -0.172. The number of amides is 2. The van der Waals surface area contributed by atoms with Crippen LogP contribution in [0.4, 0.5) is 4.79 Å². The lowest BCUT2D eigenvalue weighted by Gasteiger charge is -2.31. The van der Waals surface area contributed by atoms with Crippen molar-refractivity contribution in [2.24, 2.45) is 0 Å². The summed E-state index contributed by atoms with van der Waals surface area (Å²) < 4.78 is 5.65. The van der Waals surface area contributed by atoms with Crippen molar-refractivity contribution < 1.29 is 14.6 Å². The van der Waals surface area contributed by atoms with Crippen LogP contribution in [0.5, 0.6) is 0 Å². The fourth-order valence-electron chi connectivity index (χ4n) is 1.96. The van der Waals surface area contributed by atoms with E-state index >= 15 is 0 Å². The minimum Gasteiger partial charge on any atom is -0.367 e. The van der Waals surface area contributed by atoms with Gasteiger partial charge < -0.3 is 20.1 Å². The predicted octanol–water partition coefficient (Wildman–Crippen LogP) is 2.69. The third-order valence-corrected chi connectivity index (χ3v) is 2.97. The third kappa shape index (κ3) is 5.50. The molecule has 0 radical (unpaired) electrons. The van der Waals surface area contributed by atoms with Crippen molar-refractivity contribution in [2.75, 3.05) is 14.1 Å². The van der Waals surface area contributed by atoms with Crippen LogP contribution >= 0.6 is 0 Å². The molecular weight excluding hydrogens is 280 g/mol. The lowest BCUT2D eigenvalue weighted by Crippen LogP contribution is -2.39. The molecule has 1 rings (SSSR count).